The second-order valence-electron chi connectivity index (χ2n) is 11.2. The molecule has 1 aromatic carbocycles. The summed E-state index contributed by atoms with van der Waals surface area (Å²) < 4.78 is 11.8. The van der Waals surface area contributed by atoms with E-state index < -0.39 is 0 Å². The molecule has 9 heteroatoms. The lowest BCUT2D eigenvalue weighted by Crippen LogP contribution is -2.47. The molecular weight excluding hydrogens is 506 g/mol. The van der Waals surface area contributed by atoms with Crippen molar-refractivity contribution in [1.82, 2.24) is 20.1 Å². The van der Waals surface area contributed by atoms with E-state index >= 15 is 0 Å². The van der Waals surface area contributed by atoms with Gasteiger partial charge in [0, 0.05) is 82.3 Å². The van der Waals surface area contributed by atoms with Crippen molar-refractivity contribution in [3.8, 4) is 5.75 Å². The Labute approximate surface area is 237 Å². The van der Waals surface area contributed by atoms with Gasteiger partial charge >= 0.3 is 0 Å². The molecule has 2 saturated heterocycles. The zero-order valence-corrected chi connectivity index (χ0v) is 23.7. The summed E-state index contributed by atoms with van der Waals surface area (Å²) in [5.41, 5.74) is 3.24. The smallest absolute Gasteiger partial charge is 0.236 e. The number of carbonyl (C=O) groups is 2. The number of likely N-dealkylation sites (N-methyl/N-ethyl adjacent to an activating group) is 1. The molecule has 9 nitrogen and oxygen atoms in total. The van der Waals surface area contributed by atoms with Gasteiger partial charge in [-0.05, 0) is 61.4 Å². The number of anilines is 1. The Bertz CT molecular complexity index is 1120. The van der Waals surface area contributed by atoms with E-state index in [4.69, 9.17) is 9.47 Å². The number of rotatable bonds is 6. The molecule has 4 heterocycles. The highest BCUT2D eigenvalue weighted by Crippen LogP contribution is 2.32. The molecule has 40 heavy (non-hydrogen) atoms. The predicted molar refractivity (Wildman–Crippen MR) is 154 cm³/mol. The van der Waals surface area contributed by atoms with Crippen LogP contribution in [0.25, 0.3) is 0 Å². The average molecular weight is 550 g/mol. The summed E-state index contributed by atoms with van der Waals surface area (Å²) >= 11 is 0. The summed E-state index contributed by atoms with van der Waals surface area (Å²) in [5, 5.41) is 3.37. The first-order valence-electron chi connectivity index (χ1n) is 14.8. The molecule has 2 aromatic rings. The Morgan fingerprint density at radius 1 is 1.07 bits per heavy atom. The number of piperidine rings is 1. The van der Waals surface area contributed by atoms with E-state index in [0.29, 0.717) is 51.7 Å². The molecule has 2 fully saturated rings. The third-order valence-electron chi connectivity index (χ3n) is 8.52. The number of hydrogen-bond donors (Lipinski definition) is 1. The van der Waals surface area contributed by atoms with E-state index in [1.165, 1.54) is 5.69 Å². The zero-order chi connectivity index (χ0) is 27.7. The summed E-state index contributed by atoms with van der Waals surface area (Å²) in [6, 6.07) is 12.2. The fraction of sp³-hybridized carbons (Fsp3) is 0.581. The van der Waals surface area contributed by atoms with E-state index in [1.807, 2.05) is 35.0 Å². The van der Waals surface area contributed by atoms with Crippen molar-refractivity contribution >= 4 is 17.5 Å². The molecule has 1 aromatic heterocycles. The molecule has 0 unspecified atom stereocenters. The maximum absolute atomic E-state index is 13.1. The maximum Gasteiger partial charge on any atom is 0.236 e. The Morgan fingerprint density at radius 3 is 2.77 bits per heavy atom. The number of benzene rings is 1. The van der Waals surface area contributed by atoms with E-state index in [0.717, 1.165) is 69.0 Å². The molecule has 216 valence electrons. The monoisotopic (exact) mass is 549 g/mol. The van der Waals surface area contributed by atoms with Crippen LogP contribution in [0.4, 0.5) is 5.69 Å². The number of ether oxygens (including phenoxy) is 2. The summed E-state index contributed by atoms with van der Waals surface area (Å²) in [6.07, 6.45) is 5.76. The van der Waals surface area contributed by atoms with Gasteiger partial charge < -0.3 is 29.5 Å². The fourth-order valence-corrected chi connectivity index (χ4v) is 6.04. The van der Waals surface area contributed by atoms with Crippen LogP contribution in [-0.2, 0) is 27.3 Å². The van der Waals surface area contributed by atoms with Gasteiger partial charge in [0.15, 0.2) is 0 Å². The molecule has 1 N–H and O–H groups in total. The van der Waals surface area contributed by atoms with Gasteiger partial charge in [-0.15, -0.1) is 0 Å². The second-order valence-corrected chi connectivity index (χ2v) is 11.2. The van der Waals surface area contributed by atoms with Crippen LogP contribution in [0.5, 0.6) is 5.75 Å². The van der Waals surface area contributed by atoms with Gasteiger partial charge in [-0.3, -0.25) is 14.6 Å². The summed E-state index contributed by atoms with van der Waals surface area (Å²) in [6.45, 7) is 6.83. The lowest BCUT2D eigenvalue weighted by molar-refractivity contribution is -0.134. The molecule has 2 atom stereocenters. The first-order chi connectivity index (χ1) is 19.6. The van der Waals surface area contributed by atoms with Gasteiger partial charge in [-0.2, -0.15) is 0 Å². The summed E-state index contributed by atoms with van der Waals surface area (Å²) in [5.74, 6) is 1.74. The molecule has 2 amide bonds. The van der Waals surface area contributed by atoms with Crippen LogP contribution < -0.4 is 15.0 Å². The highest BCUT2D eigenvalue weighted by atomic mass is 16.5. The number of aromatic nitrogens is 1. The Hall–Kier alpha value is -3.17. The highest BCUT2D eigenvalue weighted by Gasteiger charge is 2.33. The molecule has 0 aliphatic carbocycles. The topological polar surface area (TPSA) is 87.2 Å². The quantitative estimate of drug-likeness (QED) is 0.593. The zero-order valence-electron chi connectivity index (χ0n) is 23.7. The first-order valence-corrected chi connectivity index (χ1v) is 14.8. The Balaban J connectivity index is 1.20. The lowest BCUT2D eigenvalue weighted by atomic mass is 9.80. The fourth-order valence-electron chi connectivity index (χ4n) is 6.04. The lowest BCUT2D eigenvalue weighted by Gasteiger charge is -2.39. The third kappa shape index (κ3) is 7.52. The van der Waals surface area contributed by atoms with E-state index in [-0.39, 0.29) is 17.7 Å². The molecule has 5 rings (SSSR count). The minimum Gasteiger partial charge on any atom is -0.493 e. The number of carbonyl (C=O) groups excluding carboxylic acids is 2. The van der Waals surface area contributed by atoms with Crippen LogP contribution in [-0.4, -0.2) is 92.7 Å². The van der Waals surface area contributed by atoms with Gasteiger partial charge in [0.25, 0.3) is 0 Å². The van der Waals surface area contributed by atoms with Crippen molar-refractivity contribution in [2.45, 2.75) is 38.6 Å². The number of hydrogen-bond acceptors (Lipinski definition) is 7. The van der Waals surface area contributed by atoms with Crippen LogP contribution in [0.2, 0.25) is 0 Å². The maximum atomic E-state index is 13.1. The number of fused-ring (bicyclic) bond motifs is 3. The largest absolute Gasteiger partial charge is 0.493 e. The molecule has 0 saturated carbocycles. The Kier molecular flexibility index (Phi) is 9.89. The Morgan fingerprint density at radius 2 is 1.95 bits per heavy atom. The van der Waals surface area contributed by atoms with E-state index in [1.54, 1.807) is 6.20 Å². The number of amides is 2. The normalized spacial score (nSPS) is 22.3. The number of nitrogens with zero attached hydrogens (tertiary/aromatic N) is 4. The highest BCUT2D eigenvalue weighted by molar-refractivity contribution is 5.79. The molecule has 0 radical (unpaired) electrons. The number of pyridine rings is 1. The van der Waals surface area contributed by atoms with Crippen LogP contribution in [0.3, 0.4) is 0 Å². The molecule has 2 bridgehead atoms. The van der Waals surface area contributed by atoms with E-state index in [9.17, 15) is 9.59 Å². The van der Waals surface area contributed by atoms with Crippen LogP contribution in [0, 0.1) is 11.8 Å². The average Bonchev–Trinajstić information content (AvgIpc) is 3.00. The van der Waals surface area contributed by atoms with E-state index in [2.05, 4.69) is 33.4 Å². The number of morpholine rings is 1. The molecule has 3 aliphatic heterocycles. The van der Waals surface area contributed by atoms with Crippen LogP contribution in [0.1, 0.15) is 36.9 Å². The minimum absolute atomic E-state index is 0.133. The second kappa shape index (κ2) is 13.9. The third-order valence-corrected chi connectivity index (χ3v) is 8.52. The molecule has 0 spiro atoms. The number of nitrogens with one attached hydrogen (secondary N) is 1. The predicted octanol–water partition coefficient (Wildman–Crippen LogP) is 2.74. The minimum atomic E-state index is 0.133. The molecular formula is C31H43N5O4. The van der Waals surface area contributed by atoms with Crippen LogP contribution in [0.15, 0.2) is 42.6 Å². The van der Waals surface area contributed by atoms with Crippen molar-refractivity contribution in [2.24, 2.45) is 11.8 Å². The van der Waals surface area contributed by atoms with Crippen molar-refractivity contribution in [3.63, 3.8) is 0 Å². The van der Waals surface area contributed by atoms with Crippen molar-refractivity contribution in [3.05, 3.63) is 53.9 Å². The molecule has 3 aliphatic rings. The van der Waals surface area contributed by atoms with Gasteiger partial charge in [-0.1, -0.05) is 6.07 Å². The van der Waals surface area contributed by atoms with Gasteiger partial charge in [-0.25, -0.2) is 0 Å². The van der Waals surface area contributed by atoms with Gasteiger partial charge in [0.2, 0.25) is 11.8 Å². The van der Waals surface area contributed by atoms with Crippen molar-refractivity contribution in [1.29, 1.82) is 0 Å². The van der Waals surface area contributed by atoms with Gasteiger partial charge in [0.1, 0.15) is 5.75 Å². The van der Waals surface area contributed by atoms with Gasteiger partial charge in [0.05, 0.1) is 26.4 Å². The standard InChI is InChI=1S/C31H43N5O4/c1-34(12-10-27-6-2-3-11-33-27)30(37)20-24-9-13-36-23-25(24)5-4-16-40-29-8-7-28(35-14-17-39-18-15-35)19-26(29)21-32-22-31(36)38/h2-3,6-8,11,19,24-25,32H,4-5,9-10,12-18,20-23H2,1H3/t24-,25-/m0/s1. The van der Waals surface area contributed by atoms with Crippen molar-refractivity contribution < 1.29 is 19.1 Å². The van der Waals surface area contributed by atoms with Crippen LogP contribution >= 0.6 is 0 Å². The summed E-state index contributed by atoms with van der Waals surface area (Å²) in [4.78, 5) is 36.8. The van der Waals surface area contributed by atoms with Crippen molar-refractivity contribution in [2.75, 3.05) is 71.0 Å². The SMILES string of the molecule is CN(CCc1ccccn1)C(=O)C[C@@H]1CCN2C[C@@H]1CCCOc1ccc(N3CCOCC3)cc1CNCC2=O. The first kappa shape index (κ1) is 28.4. The summed E-state index contributed by atoms with van der Waals surface area (Å²) in [7, 11) is 1.88.